The number of carbonyl (C=O) groups excluding carboxylic acids is 1. The van der Waals surface area contributed by atoms with E-state index >= 15 is 0 Å². The Bertz CT molecular complexity index is 502. The van der Waals surface area contributed by atoms with E-state index in [1.165, 1.54) is 6.42 Å². The van der Waals surface area contributed by atoms with Crippen LogP contribution in [0.25, 0.3) is 0 Å². The minimum Gasteiger partial charge on any atom is -0.371 e. The summed E-state index contributed by atoms with van der Waals surface area (Å²) in [5.41, 5.74) is 2.20. The number of hydrogen-bond acceptors (Lipinski definition) is 2. The zero-order chi connectivity index (χ0) is 14.1. The highest BCUT2D eigenvalue weighted by Gasteiger charge is 2.30. The van der Waals surface area contributed by atoms with E-state index in [9.17, 15) is 4.79 Å². The molecule has 1 aromatic carbocycles. The number of benzene rings is 1. The van der Waals surface area contributed by atoms with Gasteiger partial charge in [-0.05, 0) is 30.9 Å². The number of rotatable bonds is 0. The van der Waals surface area contributed by atoms with Crippen molar-refractivity contribution in [2.75, 3.05) is 43.0 Å². The molecule has 4 nitrogen and oxygen atoms in total. The molecule has 108 valence electrons. The van der Waals surface area contributed by atoms with E-state index in [4.69, 9.17) is 0 Å². The number of amides is 2. The van der Waals surface area contributed by atoms with Crippen LogP contribution in [0.3, 0.4) is 0 Å². The fourth-order valence-corrected chi connectivity index (χ4v) is 3.24. The van der Waals surface area contributed by atoms with Crippen molar-refractivity contribution < 1.29 is 4.79 Å². The van der Waals surface area contributed by atoms with Crippen molar-refractivity contribution >= 4 is 17.4 Å². The second kappa shape index (κ2) is 5.35. The fourth-order valence-electron chi connectivity index (χ4n) is 3.24. The molecule has 1 saturated heterocycles. The average molecular weight is 273 g/mol. The van der Waals surface area contributed by atoms with E-state index in [-0.39, 0.29) is 6.03 Å². The monoisotopic (exact) mass is 273 g/mol. The minimum absolute atomic E-state index is 0.178. The Hall–Kier alpha value is -1.71. The number of likely N-dealkylation sites (tertiary alicyclic amines) is 1. The second-order valence-corrected chi connectivity index (χ2v) is 6.04. The zero-order valence-electron chi connectivity index (χ0n) is 12.4. The number of piperidine rings is 1. The van der Waals surface area contributed by atoms with Gasteiger partial charge in [0.2, 0.25) is 0 Å². The van der Waals surface area contributed by atoms with Crippen LogP contribution >= 0.6 is 0 Å². The van der Waals surface area contributed by atoms with E-state index in [0.29, 0.717) is 5.92 Å². The van der Waals surface area contributed by atoms with Crippen molar-refractivity contribution in [3.8, 4) is 0 Å². The van der Waals surface area contributed by atoms with Gasteiger partial charge in [-0.25, -0.2) is 4.79 Å². The number of fused-ring (bicyclic) bond motifs is 1. The van der Waals surface area contributed by atoms with Crippen LogP contribution in [-0.2, 0) is 0 Å². The van der Waals surface area contributed by atoms with Gasteiger partial charge < -0.3 is 9.80 Å². The minimum atomic E-state index is 0.178. The highest BCUT2D eigenvalue weighted by molar-refractivity contribution is 5.96. The quantitative estimate of drug-likeness (QED) is 0.726. The summed E-state index contributed by atoms with van der Waals surface area (Å²) in [5, 5.41) is 0. The third-order valence-corrected chi connectivity index (χ3v) is 4.40. The molecule has 1 fully saturated rings. The van der Waals surface area contributed by atoms with Gasteiger partial charge in [0.05, 0.1) is 11.4 Å². The number of anilines is 2. The molecule has 1 unspecified atom stereocenters. The Morgan fingerprint density at radius 1 is 1.15 bits per heavy atom. The number of para-hydroxylation sites is 2. The largest absolute Gasteiger partial charge is 0.371 e. The highest BCUT2D eigenvalue weighted by Crippen LogP contribution is 2.32. The topological polar surface area (TPSA) is 26.8 Å². The van der Waals surface area contributed by atoms with Crippen molar-refractivity contribution in [1.82, 2.24) is 4.90 Å². The molecule has 20 heavy (non-hydrogen) atoms. The van der Waals surface area contributed by atoms with Crippen LogP contribution in [0.15, 0.2) is 24.3 Å². The van der Waals surface area contributed by atoms with E-state index < -0.39 is 0 Å². The number of carbonyl (C=O) groups is 1. The Morgan fingerprint density at radius 3 is 2.65 bits per heavy atom. The lowest BCUT2D eigenvalue weighted by Gasteiger charge is -2.40. The van der Waals surface area contributed by atoms with E-state index in [0.717, 1.165) is 44.0 Å². The van der Waals surface area contributed by atoms with Gasteiger partial charge in [-0.2, -0.15) is 0 Å². The third kappa shape index (κ3) is 2.35. The molecular formula is C16H23N3O. The first-order chi connectivity index (χ1) is 9.66. The summed E-state index contributed by atoms with van der Waals surface area (Å²) in [6.07, 6.45) is 2.37. The Kier molecular flexibility index (Phi) is 3.55. The maximum atomic E-state index is 12.8. The molecule has 1 atom stereocenters. The van der Waals surface area contributed by atoms with Crippen LogP contribution in [0, 0.1) is 5.92 Å². The molecule has 0 spiro atoms. The second-order valence-electron chi connectivity index (χ2n) is 6.04. The van der Waals surface area contributed by atoms with Crippen LogP contribution in [0.2, 0.25) is 0 Å². The van der Waals surface area contributed by atoms with Crippen molar-refractivity contribution in [2.45, 2.75) is 19.8 Å². The summed E-state index contributed by atoms with van der Waals surface area (Å²) in [6, 6.07) is 8.37. The molecule has 4 heteroatoms. The smallest absolute Gasteiger partial charge is 0.324 e. The lowest BCUT2D eigenvalue weighted by Crippen LogP contribution is -2.51. The molecule has 1 aromatic rings. The first-order valence-electron chi connectivity index (χ1n) is 7.53. The molecule has 0 radical (unpaired) electrons. The zero-order valence-corrected chi connectivity index (χ0v) is 12.4. The van der Waals surface area contributed by atoms with Crippen LogP contribution in [0.1, 0.15) is 19.8 Å². The molecule has 3 rings (SSSR count). The van der Waals surface area contributed by atoms with Gasteiger partial charge in [-0.1, -0.05) is 19.1 Å². The van der Waals surface area contributed by atoms with Crippen molar-refractivity contribution in [2.24, 2.45) is 5.92 Å². The van der Waals surface area contributed by atoms with Crippen LogP contribution in [0.5, 0.6) is 0 Å². The Balaban J connectivity index is 1.84. The Labute approximate surface area is 121 Å². The molecule has 0 N–H and O–H groups in total. The standard InChI is InChI=1S/C16H23N3O/c1-13-6-5-9-18(12-13)16(20)19-11-10-17(2)14-7-3-4-8-15(14)19/h3-4,7-8,13H,5-6,9-12H2,1-2H3. The van der Waals surface area contributed by atoms with Crippen molar-refractivity contribution in [3.05, 3.63) is 24.3 Å². The van der Waals surface area contributed by atoms with E-state index in [1.54, 1.807) is 0 Å². The van der Waals surface area contributed by atoms with E-state index in [2.05, 4.69) is 31.0 Å². The third-order valence-electron chi connectivity index (χ3n) is 4.40. The summed E-state index contributed by atoms with van der Waals surface area (Å²) >= 11 is 0. The number of hydrogen-bond donors (Lipinski definition) is 0. The van der Waals surface area contributed by atoms with Gasteiger partial charge in [-0.3, -0.25) is 4.90 Å². The van der Waals surface area contributed by atoms with Gasteiger partial charge in [0, 0.05) is 33.2 Å². The molecule has 0 bridgehead atoms. The normalized spacial score (nSPS) is 22.7. The van der Waals surface area contributed by atoms with Crippen LogP contribution in [-0.4, -0.2) is 44.2 Å². The van der Waals surface area contributed by atoms with Gasteiger partial charge >= 0.3 is 6.03 Å². The molecule has 0 aliphatic carbocycles. The predicted octanol–water partition coefficient (Wildman–Crippen LogP) is 2.79. The molecule has 0 aromatic heterocycles. The van der Waals surface area contributed by atoms with Crippen molar-refractivity contribution in [1.29, 1.82) is 0 Å². The summed E-state index contributed by atoms with van der Waals surface area (Å²) in [5.74, 6) is 0.621. The molecule has 2 aliphatic rings. The van der Waals surface area contributed by atoms with Gasteiger partial charge in [0.25, 0.3) is 0 Å². The van der Waals surface area contributed by atoms with Gasteiger partial charge in [0.15, 0.2) is 0 Å². The summed E-state index contributed by atoms with van der Waals surface area (Å²) < 4.78 is 0. The van der Waals surface area contributed by atoms with E-state index in [1.807, 2.05) is 21.9 Å². The summed E-state index contributed by atoms with van der Waals surface area (Å²) in [7, 11) is 2.09. The Morgan fingerprint density at radius 2 is 1.90 bits per heavy atom. The van der Waals surface area contributed by atoms with Gasteiger partial charge in [0.1, 0.15) is 0 Å². The van der Waals surface area contributed by atoms with Gasteiger partial charge in [-0.15, -0.1) is 0 Å². The average Bonchev–Trinajstić information content (AvgIpc) is 2.47. The predicted molar refractivity (Wildman–Crippen MR) is 82.4 cm³/mol. The summed E-state index contributed by atoms with van der Waals surface area (Å²) in [4.78, 5) is 19.0. The molecular weight excluding hydrogens is 250 g/mol. The number of nitrogens with zero attached hydrogens (tertiary/aromatic N) is 3. The first kappa shape index (κ1) is 13.3. The van der Waals surface area contributed by atoms with Crippen LogP contribution < -0.4 is 9.80 Å². The lowest BCUT2D eigenvalue weighted by molar-refractivity contribution is 0.176. The van der Waals surface area contributed by atoms with Crippen molar-refractivity contribution in [3.63, 3.8) is 0 Å². The maximum Gasteiger partial charge on any atom is 0.324 e. The lowest BCUT2D eigenvalue weighted by atomic mass is 10.0. The number of urea groups is 1. The highest BCUT2D eigenvalue weighted by atomic mass is 16.2. The first-order valence-corrected chi connectivity index (χ1v) is 7.53. The fraction of sp³-hybridized carbons (Fsp3) is 0.562. The molecule has 2 amide bonds. The molecule has 2 aliphatic heterocycles. The number of likely N-dealkylation sites (N-methyl/N-ethyl adjacent to an activating group) is 1. The maximum absolute atomic E-state index is 12.8. The summed E-state index contributed by atoms with van der Waals surface area (Å²) in [6.45, 7) is 5.70. The molecule has 2 heterocycles. The molecule has 0 saturated carbocycles. The van der Waals surface area contributed by atoms with Crippen LogP contribution in [0.4, 0.5) is 16.2 Å². The SMILES string of the molecule is CC1CCCN(C(=O)N2CCN(C)c3ccccc32)C1.